The molecule has 2 aromatic carbocycles. The van der Waals surface area contributed by atoms with Crippen molar-refractivity contribution in [1.29, 1.82) is 0 Å². The molecule has 0 saturated carbocycles. The van der Waals surface area contributed by atoms with Crippen molar-refractivity contribution < 1.29 is 19.1 Å². The number of amides is 1. The number of carbonyl (C=O) groups is 2. The van der Waals surface area contributed by atoms with Crippen LogP contribution >= 0.6 is 0 Å². The molecule has 9 heteroatoms. The molecule has 35 heavy (non-hydrogen) atoms. The molecule has 0 unspecified atom stereocenters. The molecule has 4 rings (SSSR count). The minimum atomic E-state index is -0.576. The lowest BCUT2D eigenvalue weighted by atomic mass is 10.0. The maximum Gasteiger partial charge on any atom is 0.343 e. The largest absolute Gasteiger partial charge is 0.471 e. The van der Waals surface area contributed by atoms with Crippen molar-refractivity contribution in [3.8, 4) is 11.4 Å². The topological polar surface area (TPSA) is 100 Å². The summed E-state index contributed by atoms with van der Waals surface area (Å²) in [7, 11) is 0. The lowest BCUT2D eigenvalue weighted by molar-refractivity contribution is 0.0527. The smallest absolute Gasteiger partial charge is 0.343 e. The van der Waals surface area contributed by atoms with Crippen LogP contribution in [0.15, 0.2) is 73.1 Å². The highest BCUT2D eigenvalue weighted by molar-refractivity contribution is 6.06. The fraction of sp³-hybridized carbons (Fsp3) is 0.231. The molecule has 180 valence electrons. The fourth-order valence-electron chi connectivity index (χ4n) is 3.41. The van der Waals surface area contributed by atoms with Gasteiger partial charge in [-0.1, -0.05) is 44.2 Å². The van der Waals surface area contributed by atoms with Crippen LogP contribution in [-0.2, 0) is 11.5 Å². The van der Waals surface area contributed by atoms with Crippen molar-refractivity contribution >= 4 is 17.7 Å². The summed E-state index contributed by atoms with van der Waals surface area (Å²) in [6, 6.07) is 18.6. The average Bonchev–Trinajstić information content (AvgIpc) is 3.51. The van der Waals surface area contributed by atoms with Crippen LogP contribution in [-0.4, -0.2) is 38.0 Å². The van der Waals surface area contributed by atoms with Gasteiger partial charge in [0.05, 0.1) is 18.5 Å². The fourth-order valence-corrected chi connectivity index (χ4v) is 3.41. The molecule has 1 amide bonds. The van der Waals surface area contributed by atoms with E-state index in [1.807, 2.05) is 54.6 Å². The zero-order valence-electron chi connectivity index (χ0n) is 19.8. The van der Waals surface area contributed by atoms with Crippen LogP contribution in [0, 0.1) is 0 Å². The van der Waals surface area contributed by atoms with Crippen LogP contribution in [0.2, 0.25) is 0 Å². The molecule has 4 aromatic rings. The van der Waals surface area contributed by atoms with Gasteiger partial charge in [-0.3, -0.25) is 4.79 Å². The number of nitrogens with one attached hydrogen (secondary N) is 1. The quantitative estimate of drug-likeness (QED) is 0.355. The van der Waals surface area contributed by atoms with E-state index in [1.165, 1.54) is 21.1 Å². The number of para-hydroxylation sites is 1. The number of ether oxygens (including phenoxy) is 2. The van der Waals surface area contributed by atoms with Crippen molar-refractivity contribution in [3.63, 3.8) is 0 Å². The van der Waals surface area contributed by atoms with Gasteiger partial charge in [-0.15, -0.1) is 0 Å². The molecule has 0 saturated heterocycles. The minimum absolute atomic E-state index is 0.143. The minimum Gasteiger partial charge on any atom is -0.471 e. The number of hydrogen-bond donors (Lipinski definition) is 1. The van der Waals surface area contributed by atoms with Gasteiger partial charge in [0.2, 0.25) is 0 Å². The molecule has 2 aromatic heterocycles. The van der Waals surface area contributed by atoms with Crippen LogP contribution in [0.3, 0.4) is 0 Å². The molecule has 0 bridgehead atoms. The summed E-state index contributed by atoms with van der Waals surface area (Å²) < 4.78 is 13.9. The number of benzene rings is 2. The first kappa shape index (κ1) is 23.7. The Bertz CT molecular complexity index is 1290. The maximum atomic E-state index is 13.0. The predicted octanol–water partition coefficient (Wildman–Crippen LogP) is 4.66. The zero-order chi connectivity index (χ0) is 24.8. The Hall–Kier alpha value is -4.40. The van der Waals surface area contributed by atoms with Crippen molar-refractivity contribution in [3.05, 3.63) is 89.9 Å². The molecule has 0 atom stereocenters. The monoisotopic (exact) mass is 473 g/mol. The first-order chi connectivity index (χ1) is 17.0. The molecule has 0 aliphatic heterocycles. The highest BCUT2D eigenvalue weighted by atomic mass is 16.5. The number of carbonyl (C=O) groups excluding carboxylic acids is 2. The van der Waals surface area contributed by atoms with E-state index < -0.39 is 11.9 Å². The molecule has 0 fully saturated rings. The summed E-state index contributed by atoms with van der Waals surface area (Å²) in [5.74, 6) is 0.289. The second-order valence-corrected chi connectivity index (χ2v) is 8.07. The third kappa shape index (κ3) is 5.57. The first-order valence-electron chi connectivity index (χ1n) is 11.3. The van der Waals surface area contributed by atoms with E-state index in [0.717, 1.165) is 0 Å². The Morgan fingerprint density at radius 1 is 1.03 bits per heavy atom. The Balaban J connectivity index is 1.49. The number of aromatic nitrogens is 4. The third-order valence-electron chi connectivity index (χ3n) is 5.28. The van der Waals surface area contributed by atoms with E-state index in [-0.39, 0.29) is 30.4 Å². The number of nitrogens with zero attached hydrogens (tertiary/aromatic N) is 4. The van der Waals surface area contributed by atoms with E-state index in [9.17, 15) is 9.59 Å². The van der Waals surface area contributed by atoms with Crippen LogP contribution < -0.4 is 10.1 Å². The van der Waals surface area contributed by atoms with Gasteiger partial charge in [0, 0.05) is 6.20 Å². The van der Waals surface area contributed by atoms with Gasteiger partial charge >= 0.3 is 5.97 Å². The van der Waals surface area contributed by atoms with E-state index in [4.69, 9.17) is 9.47 Å². The normalized spacial score (nSPS) is 10.9. The van der Waals surface area contributed by atoms with Crippen molar-refractivity contribution in [1.82, 2.24) is 19.6 Å². The number of hydrogen-bond acceptors (Lipinski definition) is 6. The van der Waals surface area contributed by atoms with Gasteiger partial charge in [0.25, 0.3) is 5.91 Å². The van der Waals surface area contributed by atoms with Crippen molar-refractivity contribution in [2.75, 3.05) is 11.9 Å². The van der Waals surface area contributed by atoms with Gasteiger partial charge in [-0.05, 0) is 48.7 Å². The molecule has 1 N–H and O–H groups in total. The van der Waals surface area contributed by atoms with Gasteiger partial charge in [-0.2, -0.15) is 10.2 Å². The summed E-state index contributed by atoms with van der Waals surface area (Å²) in [5.41, 5.74) is 2.23. The number of rotatable bonds is 9. The SMILES string of the molecule is CCOC(=O)c1cnn(-c2ccccc2)c1NC(=O)c1ccn(COc2ccc(C(C)C)cc2)n1. The maximum absolute atomic E-state index is 13.0. The Labute approximate surface area is 203 Å². The van der Waals surface area contributed by atoms with Crippen molar-refractivity contribution in [2.45, 2.75) is 33.4 Å². The van der Waals surface area contributed by atoms with Gasteiger partial charge < -0.3 is 14.8 Å². The highest BCUT2D eigenvalue weighted by Gasteiger charge is 2.23. The summed E-state index contributed by atoms with van der Waals surface area (Å²) in [6.07, 6.45) is 3.02. The van der Waals surface area contributed by atoms with Crippen LogP contribution in [0.4, 0.5) is 5.82 Å². The third-order valence-corrected chi connectivity index (χ3v) is 5.28. The molecule has 0 spiro atoms. The van der Waals surface area contributed by atoms with Crippen molar-refractivity contribution in [2.24, 2.45) is 0 Å². The highest BCUT2D eigenvalue weighted by Crippen LogP contribution is 2.22. The van der Waals surface area contributed by atoms with E-state index in [0.29, 0.717) is 17.4 Å². The zero-order valence-corrected chi connectivity index (χ0v) is 19.8. The molecule has 9 nitrogen and oxygen atoms in total. The van der Waals surface area contributed by atoms with Crippen LogP contribution in [0.25, 0.3) is 5.69 Å². The summed E-state index contributed by atoms with van der Waals surface area (Å²) in [4.78, 5) is 25.4. The average molecular weight is 474 g/mol. The van der Waals surface area contributed by atoms with E-state index in [2.05, 4.69) is 29.4 Å². The van der Waals surface area contributed by atoms with E-state index in [1.54, 1.807) is 19.2 Å². The second kappa shape index (κ2) is 10.7. The van der Waals surface area contributed by atoms with Gasteiger partial charge in [0.1, 0.15) is 11.3 Å². The Morgan fingerprint density at radius 3 is 2.46 bits per heavy atom. The lowest BCUT2D eigenvalue weighted by Gasteiger charge is -2.10. The molecule has 2 heterocycles. The molecular weight excluding hydrogens is 446 g/mol. The first-order valence-corrected chi connectivity index (χ1v) is 11.3. The van der Waals surface area contributed by atoms with Crippen LogP contribution in [0.1, 0.15) is 53.1 Å². The van der Waals surface area contributed by atoms with Crippen LogP contribution in [0.5, 0.6) is 5.75 Å². The number of esters is 1. The molecule has 0 radical (unpaired) electrons. The summed E-state index contributed by atoms with van der Waals surface area (Å²) in [6.45, 7) is 6.33. The summed E-state index contributed by atoms with van der Waals surface area (Å²) >= 11 is 0. The standard InChI is InChI=1S/C26H27N5O4/c1-4-34-26(33)22-16-27-31(20-8-6-5-7-9-20)24(22)28-25(32)23-14-15-30(29-23)17-35-21-12-10-19(11-13-21)18(2)3/h5-16,18H,4,17H2,1-3H3,(H,28,32). The van der Waals surface area contributed by atoms with Gasteiger partial charge in [-0.25, -0.2) is 14.2 Å². The number of anilines is 1. The summed E-state index contributed by atoms with van der Waals surface area (Å²) in [5, 5.41) is 11.3. The Morgan fingerprint density at radius 2 is 1.77 bits per heavy atom. The Kier molecular flexibility index (Phi) is 7.25. The molecular formula is C26H27N5O4. The molecule has 0 aliphatic carbocycles. The lowest BCUT2D eigenvalue weighted by Crippen LogP contribution is -2.19. The second-order valence-electron chi connectivity index (χ2n) is 8.07. The molecule has 0 aliphatic rings. The van der Waals surface area contributed by atoms with E-state index >= 15 is 0 Å². The predicted molar refractivity (Wildman–Crippen MR) is 131 cm³/mol. The van der Waals surface area contributed by atoms with Gasteiger partial charge in [0.15, 0.2) is 18.2 Å².